The normalized spacial score (nSPS) is 11.2. The molecular weight excluding hydrogens is 470 g/mol. The molecule has 0 unspecified atom stereocenters. The summed E-state index contributed by atoms with van der Waals surface area (Å²) in [5.41, 5.74) is 2.32. The van der Waals surface area contributed by atoms with E-state index in [-0.39, 0.29) is 18.9 Å². The van der Waals surface area contributed by atoms with Crippen molar-refractivity contribution >= 4 is 44.2 Å². The lowest BCUT2D eigenvalue weighted by Gasteiger charge is -2.09. The molecule has 32 heavy (non-hydrogen) atoms. The van der Waals surface area contributed by atoms with Crippen LogP contribution < -0.4 is 0 Å². The Kier molecular flexibility index (Phi) is 8.74. The van der Waals surface area contributed by atoms with Gasteiger partial charge in [-0.15, -0.1) is 0 Å². The number of esters is 2. The van der Waals surface area contributed by atoms with E-state index in [0.717, 1.165) is 39.2 Å². The second-order valence-electron chi connectivity index (χ2n) is 7.90. The lowest BCUT2D eigenvalue weighted by atomic mass is 9.99. The molecule has 0 aliphatic heterocycles. The number of nitrogens with zero attached hydrogens (tertiary/aromatic N) is 1. The minimum absolute atomic E-state index is 0.232. The lowest BCUT2D eigenvalue weighted by Crippen LogP contribution is -2.15. The Hall–Kier alpha value is -2.34. The quantitative estimate of drug-likeness (QED) is 0.207. The summed E-state index contributed by atoms with van der Waals surface area (Å²) in [4.78, 5) is 26.1. The van der Waals surface area contributed by atoms with E-state index in [1.54, 1.807) is 13.8 Å². The van der Waals surface area contributed by atoms with E-state index >= 15 is 0 Å². The number of aryl methyl sites for hydroxylation is 1. The summed E-state index contributed by atoms with van der Waals surface area (Å²) in [5.74, 6) is -0.984. The van der Waals surface area contributed by atoms with Crippen LogP contribution in [0.2, 0.25) is 0 Å². The molecule has 172 valence electrons. The molecule has 0 bridgehead atoms. The number of hydrogen-bond acceptors (Lipinski definition) is 4. The predicted molar refractivity (Wildman–Crippen MR) is 132 cm³/mol. The van der Waals surface area contributed by atoms with Gasteiger partial charge in [-0.05, 0) is 53.6 Å². The van der Waals surface area contributed by atoms with Gasteiger partial charge >= 0.3 is 11.9 Å². The van der Waals surface area contributed by atoms with Crippen LogP contribution in [-0.2, 0) is 15.9 Å². The first-order valence-electron chi connectivity index (χ1n) is 11.6. The molecule has 0 N–H and O–H groups in total. The highest BCUT2D eigenvalue weighted by Crippen LogP contribution is 2.36. The number of carbonyl (C=O) groups is 2. The van der Waals surface area contributed by atoms with Crippen molar-refractivity contribution in [3.05, 3.63) is 51.8 Å². The van der Waals surface area contributed by atoms with Gasteiger partial charge in [0.15, 0.2) is 0 Å². The van der Waals surface area contributed by atoms with Gasteiger partial charge in [0.2, 0.25) is 0 Å². The first-order chi connectivity index (χ1) is 15.5. The van der Waals surface area contributed by atoms with E-state index in [2.05, 4.69) is 22.9 Å². The fourth-order valence-corrected chi connectivity index (χ4v) is 4.84. The van der Waals surface area contributed by atoms with Crippen LogP contribution in [0.1, 0.15) is 85.7 Å². The number of halogens is 1. The summed E-state index contributed by atoms with van der Waals surface area (Å²) in [5, 5.41) is 2.02. The first kappa shape index (κ1) is 24.3. The molecule has 0 saturated heterocycles. The van der Waals surface area contributed by atoms with Crippen molar-refractivity contribution in [2.24, 2.45) is 0 Å². The molecule has 3 aromatic rings. The number of pyridine rings is 1. The highest BCUT2D eigenvalue weighted by Gasteiger charge is 2.30. The van der Waals surface area contributed by atoms with Gasteiger partial charge in [0.25, 0.3) is 0 Å². The molecule has 0 spiro atoms. The predicted octanol–water partition coefficient (Wildman–Crippen LogP) is 7.11. The number of ether oxygens (including phenoxy) is 2. The summed E-state index contributed by atoms with van der Waals surface area (Å²) in [6.45, 7) is 6.22. The standard InChI is InChI=1S/C26H32BrNO4/c1-4-7-8-9-10-11-16-20-22(25(29)31-5-2)24(26(30)32-6-3)28-17-21(27)18-14-12-13-15-19(18)23(20)28/h12-15,17H,4-11,16H2,1-3H3. The maximum absolute atomic E-state index is 13.1. The second-order valence-corrected chi connectivity index (χ2v) is 8.76. The zero-order valence-corrected chi connectivity index (χ0v) is 20.8. The Morgan fingerprint density at radius 3 is 2.19 bits per heavy atom. The number of benzene rings is 1. The number of unbranched alkanes of at least 4 members (excludes halogenated alkanes) is 5. The molecule has 0 fully saturated rings. The van der Waals surface area contributed by atoms with E-state index < -0.39 is 11.9 Å². The van der Waals surface area contributed by atoms with Gasteiger partial charge in [0.05, 0.1) is 24.3 Å². The molecule has 1 aromatic carbocycles. The number of fused-ring (bicyclic) bond motifs is 3. The smallest absolute Gasteiger partial charge is 0.356 e. The van der Waals surface area contributed by atoms with Crippen LogP contribution in [0.3, 0.4) is 0 Å². The summed E-state index contributed by atoms with van der Waals surface area (Å²) in [6.07, 6.45) is 9.44. The SMILES string of the molecule is CCCCCCCCc1c(C(=O)OCC)c(C(=O)OCC)n2cc(Br)c3ccccc3c12. The van der Waals surface area contributed by atoms with Crippen LogP contribution in [-0.4, -0.2) is 29.6 Å². The Morgan fingerprint density at radius 2 is 1.50 bits per heavy atom. The van der Waals surface area contributed by atoms with Crippen molar-refractivity contribution in [3.63, 3.8) is 0 Å². The maximum Gasteiger partial charge on any atom is 0.356 e. The lowest BCUT2D eigenvalue weighted by molar-refractivity contribution is 0.0473. The van der Waals surface area contributed by atoms with Crippen molar-refractivity contribution in [2.75, 3.05) is 13.2 Å². The van der Waals surface area contributed by atoms with E-state index in [4.69, 9.17) is 9.47 Å². The molecule has 3 rings (SSSR count). The molecule has 0 saturated carbocycles. The zero-order chi connectivity index (χ0) is 23.1. The fraction of sp³-hybridized carbons (Fsp3) is 0.462. The van der Waals surface area contributed by atoms with E-state index in [1.165, 1.54) is 25.7 Å². The largest absolute Gasteiger partial charge is 0.462 e. The highest BCUT2D eigenvalue weighted by molar-refractivity contribution is 9.10. The average Bonchev–Trinajstić information content (AvgIpc) is 3.11. The van der Waals surface area contributed by atoms with Gasteiger partial charge < -0.3 is 13.9 Å². The molecule has 6 heteroatoms. The summed E-state index contributed by atoms with van der Waals surface area (Å²) < 4.78 is 13.4. The number of rotatable bonds is 11. The van der Waals surface area contributed by atoms with Crippen molar-refractivity contribution in [1.82, 2.24) is 4.40 Å². The monoisotopic (exact) mass is 501 g/mol. The topological polar surface area (TPSA) is 57.0 Å². The first-order valence-corrected chi connectivity index (χ1v) is 12.4. The van der Waals surface area contributed by atoms with Gasteiger partial charge in [0, 0.05) is 16.1 Å². The van der Waals surface area contributed by atoms with Crippen LogP contribution in [0.4, 0.5) is 0 Å². The molecule has 0 aliphatic carbocycles. The van der Waals surface area contributed by atoms with Crippen LogP contribution in [0.5, 0.6) is 0 Å². The van der Waals surface area contributed by atoms with Crippen molar-refractivity contribution < 1.29 is 19.1 Å². The van der Waals surface area contributed by atoms with E-state index in [1.807, 2.05) is 34.9 Å². The third-order valence-corrected chi connectivity index (χ3v) is 6.35. The van der Waals surface area contributed by atoms with Crippen LogP contribution >= 0.6 is 15.9 Å². The Morgan fingerprint density at radius 1 is 0.875 bits per heavy atom. The van der Waals surface area contributed by atoms with Gasteiger partial charge in [0.1, 0.15) is 5.69 Å². The molecule has 0 aliphatic rings. The van der Waals surface area contributed by atoms with Crippen LogP contribution in [0.25, 0.3) is 16.3 Å². The van der Waals surface area contributed by atoms with Gasteiger partial charge in [-0.1, -0.05) is 63.3 Å². The third-order valence-electron chi connectivity index (χ3n) is 5.72. The third kappa shape index (κ3) is 5.01. The molecule has 2 aromatic heterocycles. The van der Waals surface area contributed by atoms with E-state index in [9.17, 15) is 9.59 Å². The number of hydrogen-bond donors (Lipinski definition) is 0. The fourth-order valence-electron chi connectivity index (χ4n) is 4.29. The second kappa shape index (κ2) is 11.5. The van der Waals surface area contributed by atoms with Crippen molar-refractivity contribution in [3.8, 4) is 0 Å². The number of aromatic nitrogens is 1. The van der Waals surface area contributed by atoms with Crippen LogP contribution in [0, 0.1) is 0 Å². The van der Waals surface area contributed by atoms with Gasteiger partial charge in [-0.3, -0.25) is 0 Å². The van der Waals surface area contributed by atoms with Crippen molar-refractivity contribution in [2.45, 2.75) is 65.7 Å². The maximum atomic E-state index is 13.1. The molecule has 5 nitrogen and oxygen atoms in total. The minimum Gasteiger partial charge on any atom is -0.462 e. The zero-order valence-electron chi connectivity index (χ0n) is 19.2. The Balaban J connectivity index is 2.21. The summed E-state index contributed by atoms with van der Waals surface area (Å²) >= 11 is 3.64. The highest BCUT2D eigenvalue weighted by atomic mass is 79.9. The van der Waals surface area contributed by atoms with Crippen molar-refractivity contribution in [1.29, 1.82) is 0 Å². The molecule has 0 amide bonds. The Labute approximate surface area is 198 Å². The van der Waals surface area contributed by atoms with Gasteiger partial charge in [-0.2, -0.15) is 0 Å². The minimum atomic E-state index is -0.512. The van der Waals surface area contributed by atoms with Crippen LogP contribution in [0.15, 0.2) is 34.9 Å². The van der Waals surface area contributed by atoms with Gasteiger partial charge in [-0.25, -0.2) is 9.59 Å². The summed E-state index contributed by atoms with van der Waals surface area (Å²) in [7, 11) is 0. The molecular formula is C26H32BrNO4. The molecule has 2 heterocycles. The molecule has 0 radical (unpaired) electrons. The average molecular weight is 502 g/mol. The Bertz CT molecular complexity index is 1100. The number of carbonyl (C=O) groups excluding carboxylic acids is 2. The summed E-state index contributed by atoms with van der Waals surface area (Å²) in [6, 6.07) is 8.03. The molecule has 0 atom stereocenters. The van der Waals surface area contributed by atoms with E-state index in [0.29, 0.717) is 12.0 Å².